The van der Waals surface area contributed by atoms with Crippen molar-refractivity contribution in [1.29, 1.82) is 5.26 Å². The van der Waals surface area contributed by atoms with Crippen LogP contribution in [0.1, 0.15) is 35.4 Å². The Bertz CT molecular complexity index is 1270. The fraction of sp³-hybridized carbons (Fsp3) is 0.217. The third-order valence-electron chi connectivity index (χ3n) is 5.76. The predicted molar refractivity (Wildman–Crippen MR) is 129 cm³/mol. The number of hydrogen-bond donors (Lipinski definition) is 0. The number of nitro benzene ring substituents is 1. The molecule has 6 rings (SSSR count). The van der Waals surface area contributed by atoms with Gasteiger partial charge < -0.3 is 4.90 Å². The smallest absolute Gasteiger partial charge is 0.283 e. The highest BCUT2D eigenvalue weighted by atomic mass is 35.5. The molecule has 1 aromatic heterocycles. The van der Waals surface area contributed by atoms with Gasteiger partial charge in [-0.25, -0.2) is 4.99 Å². The van der Waals surface area contributed by atoms with Gasteiger partial charge in [-0.1, -0.05) is 40.8 Å². The third kappa shape index (κ3) is 3.88. The number of thiophene rings is 1. The van der Waals surface area contributed by atoms with Crippen LogP contribution in [0.4, 0.5) is 15.7 Å². The van der Waals surface area contributed by atoms with Crippen LogP contribution in [0, 0.1) is 21.4 Å². The lowest BCUT2D eigenvalue weighted by Gasteiger charge is -2.39. The van der Waals surface area contributed by atoms with Crippen LogP contribution in [0.5, 0.6) is 0 Å². The number of nitriles is 1. The van der Waals surface area contributed by atoms with Gasteiger partial charge in [0.05, 0.1) is 20.4 Å². The Balaban J connectivity index is 1.44. The van der Waals surface area contributed by atoms with Gasteiger partial charge >= 0.3 is 0 Å². The highest BCUT2D eigenvalue weighted by molar-refractivity contribution is 7.99. The molecule has 0 unspecified atom stereocenters. The molecule has 160 valence electrons. The van der Waals surface area contributed by atoms with Gasteiger partial charge in [0.25, 0.3) is 5.69 Å². The lowest BCUT2D eigenvalue weighted by Crippen LogP contribution is -2.37. The summed E-state index contributed by atoms with van der Waals surface area (Å²) in [6.07, 6.45) is 3.78. The molecular formula is C23H17ClN4O2S2. The van der Waals surface area contributed by atoms with E-state index in [1.807, 2.05) is 18.2 Å². The van der Waals surface area contributed by atoms with Crippen molar-refractivity contribution < 1.29 is 4.92 Å². The number of aliphatic imine (C=N–C) groups is 1. The van der Waals surface area contributed by atoms with Gasteiger partial charge in [-0.2, -0.15) is 5.26 Å². The molecular weight excluding hydrogens is 464 g/mol. The molecule has 0 atom stereocenters. The first kappa shape index (κ1) is 21.0. The van der Waals surface area contributed by atoms with Crippen molar-refractivity contribution in [3.8, 4) is 6.07 Å². The first-order chi connectivity index (χ1) is 15.5. The Morgan fingerprint density at radius 3 is 2.69 bits per heavy atom. The molecule has 3 aromatic rings. The molecule has 6 nitrogen and oxygen atoms in total. The fourth-order valence-corrected chi connectivity index (χ4v) is 6.47. The monoisotopic (exact) mass is 480 g/mol. The minimum absolute atomic E-state index is 0.0176. The van der Waals surface area contributed by atoms with Gasteiger partial charge in [0, 0.05) is 40.9 Å². The van der Waals surface area contributed by atoms with Gasteiger partial charge in [-0.3, -0.25) is 10.1 Å². The summed E-state index contributed by atoms with van der Waals surface area (Å²) in [5.41, 5.74) is 2.43. The summed E-state index contributed by atoms with van der Waals surface area (Å²) in [6, 6.07) is 14.6. The van der Waals surface area contributed by atoms with Gasteiger partial charge in [0.15, 0.2) is 0 Å². The summed E-state index contributed by atoms with van der Waals surface area (Å²) in [6.45, 7) is 2.07. The molecule has 1 fully saturated rings. The van der Waals surface area contributed by atoms with Crippen molar-refractivity contribution in [2.75, 3.05) is 18.0 Å². The first-order valence-electron chi connectivity index (χ1n) is 10.1. The molecule has 9 heteroatoms. The fourth-order valence-electron chi connectivity index (χ4n) is 4.21. The lowest BCUT2D eigenvalue weighted by atomic mass is 9.84. The minimum Gasteiger partial charge on any atom is -0.363 e. The molecule has 2 bridgehead atoms. The molecule has 0 aliphatic carbocycles. The minimum atomic E-state index is -0.384. The van der Waals surface area contributed by atoms with Crippen LogP contribution < -0.4 is 4.90 Å². The Hall–Kier alpha value is -2.86. The molecule has 3 aliphatic heterocycles. The largest absolute Gasteiger partial charge is 0.363 e. The number of fused-ring (bicyclic) bond motifs is 2. The number of anilines is 1. The van der Waals surface area contributed by atoms with Crippen LogP contribution in [-0.4, -0.2) is 24.2 Å². The highest BCUT2D eigenvalue weighted by Gasteiger charge is 2.36. The van der Waals surface area contributed by atoms with E-state index in [0.717, 1.165) is 41.4 Å². The van der Waals surface area contributed by atoms with E-state index < -0.39 is 0 Å². The zero-order chi connectivity index (χ0) is 22.2. The number of rotatable bonds is 5. The van der Waals surface area contributed by atoms with Gasteiger partial charge in [-0.15, -0.1) is 0 Å². The Morgan fingerprint density at radius 1 is 1.25 bits per heavy atom. The molecule has 1 saturated heterocycles. The van der Waals surface area contributed by atoms with Crippen molar-refractivity contribution in [3.05, 3.63) is 74.3 Å². The summed E-state index contributed by atoms with van der Waals surface area (Å²) in [7, 11) is 0. The number of nitro groups is 1. The summed E-state index contributed by atoms with van der Waals surface area (Å²) in [5, 5.41) is 23.9. The van der Waals surface area contributed by atoms with Crippen molar-refractivity contribution in [1.82, 2.24) is 0 Å². The molecule has 0 amide bonds. The van der Waals surface area contributed by atoms with Crippen LogP contribution >= 0.6 is 34.7 Å². The maximum atomic E-state index is 11.7. The SMILES string of the molecule is N#Cc1c(N=Cc2ccc(Sc3ccc(Cl)cc3)c([N+](=O)[O-])c2)sc2c1C1CCN2CC1. The third-order valence-corrected chi connectivity index (χ3v) is 8.26. The lowest BCUT2D eigenvalue weighted by molar-refractivity contribution is -0.387. The van der Waals surface area contributed by atoms with Crippen LogP contribution in [0.3, 0.4) is 0 Å². The molecule has 32 heavy (non-hydrogen) atoms. The normalized spacial score (nSPS) is 15.2. The number of piperidine rings is 1. The first-order valence-corrected chi connectivity index (χ1v) is 12.1. The molecule has 0 radical (unpaired) electrons. The quantitative estimate of drug-likeness (QED) is 0.228. The number of hydrogen-bond acceptors (Lipinski definition) is 7. The Labute approximate surface area is 198 Å². The van der Waals surface area contributed by atoms with E-state index in [0.29, 0.717) is 32.0 Å². The van der Waals surface area contributed by atoms with Crippen LogP contribution in [0.25, 0.3) is 0 Å². The molecule has 4 heterocycles. The maximum absolute atomic E-state index is 11.7. The van der Waals surface area contributed by atoms with Gasteiger partial charge in [0.1, 0.15) is 11.1 Å². The number of benzene rings is 2. The summed E-state index contributed by atoms with van der Waals surface area (Å²) in [4.78, 5) is 19.6. The van der Waals surface area contributed by atoms with Crippen molar-refractivity contribution >= 4 is 56.6 Å². The average Bonchev–Trinajstić information content (AvgIpc) is 3.21. The zero-order valence-corrected chi connectivity index (χ0v) is 19.2. The van der Waals surface area contributed by atoms with E-state index in [4.69, 9.17) is 11.6 Å². The van der Waals surface area contributed by atoms with E-state index >= 15 is 0 Å². The maximum Gasteiger partial charge on any atom is 0.283 e. The van der Waals surface area contributed by atoms with Crippen LogP contribution in [0.2, 0.25) is 5.02 Å². The molecule has 0 saturated carbocycles. The van der Waals surface area contributed by atoms with Crippen molar-refractivity contribution in [2.45, 2.75) is 28.6 Å². The van der Waals surface area contributed by atoms with E-state index in [1.54, 1.807) is 35.8 Å². The number of halogens is 1. The second kappa shape index (κ2) is 8.58. The topological polar surface area (TPSA) is 82.5 Å². The van der Waals surface area contributed by atoms with Gasteiger partial charge in [-0.05, 0) is 54.7 Å². The number of nitrogens with zero attached hydrogens (tertiary/aromatic N) is 4. The summed E-state index contributed by atoms with van der Waals surface area (Å²) >= 11 is 8.78. The van der Waals surface area contributed by atoms with Crippen LogP contribution in [0.15, 0.2) is 57.2 Å². The van der Waals surface area contributed by atoms with E-state index in [1.165, 1.54) is 17.8 Å². The second-order valence-corrected chi connectivity index (χ2v) is 10.2. The van der Waals surface area contributed by atoms with E-state index in [2.05, 4.69) is 16.0 Å². The van der Waals surface area contributed by atoms with Crippen LogP contribution in [-0.2, 0) is 0 Å². The van der Waals surface area contributed by atoms with Crippen molar-refractivity contribution in [2.24, 2.45) is 4.99 Å². The molecule has 0 N–H and O–H groups in total. The predicted octanol–water partition coefficient (Wildman–Crippen LogP) is 6.78. The van der Waals surface area contributed by atoms with E-state index in [9.17, 15) is 15.4 Å². The molecule has 3 aliphatic rings. The average molecular weight is 481 g/mol. The Morgan fingerprint density at radius 2 is 2.00 bits per heavy atom. The Kier molecular flexibility index (Phi) is 5.64. The second-order valence-electron chi connectivity index (χ2n) is 7.67. The summed E-state index contributed by atoms with van der Waals surface area (Å²) < 4.78 is 0. The molecule has 2 aromatic carbocycles. The molecule has 0 spiro atoms. The van der Waals surface area contributed by atoms with Crippen molar-refractivity contribution in [3.63, 3.8) is 0 Å². The standard InChI is InChI=1S/C23H17ClN4O2S2/c24-16-2-4-17(5-3-16)31-20-6-1-14(11-19(20)28(29)30)13-26-22-18(12-25)21-15-7-9-27(10-8-15)23(21)32-22/h1-6,11,13,15H,7-10H2. The van der Waals surface area contributed by atoms with Gasteiger partial charge in [0.2, 0.25) is 0 Å². The van der Waals surface area contributed by atoms with E-state index in [-0.39, 0.29) is 10.6 Å². The zero-order valence-electron chi connectivity index (χ0n) is 16.8. The summed E-state index contributed by atoms with van der Waals surface area (Å²) in [5.74, 6) is 0.440. The highest BCUT2D eigenvalue weighted by Crippen LogP contribution is 2.52.